The zero-order chi connectivity index (χ0) is 26.0. The van der Waals surface area contributed by atoms with E-state index < -0.39 is 12.0 Å². The van der Waals surface area contributed by atoms with Gasteiger partial charge in [-0.25, -0.2) is 9.79 Å². The number of allylic oxidation sites excluding steroid dienone is 1. The highest BCUT2D eigenvalue weighted by Crippen LogP contribution is 2.36. The maximum Gasteiger partial charge on any atom is 0.338 e. The van der Waals surface area contributed by atoms with Crippen molar-refractivity contribution in [3.8, 4) is 17.2 Å². The summed E-state index contributed by atoms with van der Waals surface area (Å²) in [5, 5.41) is 0. The van der Waals surface area contributed by atoms with E-state index in [1.807, 2.05) is 24.3 Å². The molecule has 1 aliphatic rings. The van der Waals surface area contributed by atoms with Crippen LogP contribution in [0.3, 0.4) is 0 Å². The molecular weight excluding hydrogens is 548 g/mol. The third kappa shape index (κ3) is 4.70. The zero-order valence-electron chi connectivity index (χ0n) is 20.5. The molecule has 36 heavy (non-hydrogen) atoms. The summed E-state index contributed by atoms with van der Waals surface area (Å²) in [6.45, 7) is 3.68. The molecule has 0 aliphatic carbocycles. The van der Waals surface area contributed by atoms with Crippen molar-refractivity contribution in [3.63, 3.8) is 0 Å². The monoisotopic (exact) mass is 572 g/mol. The van der Waals surface area contributed by atoms with Gasteiger partial charge in [0, 0.05) is 0 Å². The number of methoxy groups -OCH3 is 3. The third-order valence-electron chi connectivity index (χ3n) is 5.71. The summed E-state index contributed by atoms with van der Waals surface area (Å²) in [5.74, 6) is 1.19. The van der Waals surface area contributed by atoms with Gasteiger partial charge in [-0.1, -0.05) is 23.5 Å². The number of rotatable bonds is 7. The predicted molar refractivity (Wildman–Crippen MR) is 141 cm³/mol. The number of hydrogen-bond acceptors (Lipinski definition) is 8. The van der Waals surface area contributed by atoms with E-state index in [0.29, 0.717) is 43.4 Å². The lowest BCUT2D eigenvalue weighted by Gasteiger charge is -2.25. The molecular formula is C26H25BrN2O6S. The van der Waals surface area contributed by atoms with Gasteiger partial charge in [0.25, 0.3) is 5.56 Å². The van der Waals surface area contributed by atoms with E-state index in [2.05, 4.69) is 20.9 Å². The molecule has 0 saturated carbocycles. The molecule has 1 aliphatic heterocycles. The number of nitrogens with zero attached hydrogens (tertiary/aromatic N) is 2. The van der Waals surface area contributed by atoms with E-state index >= 15 is 0 Å². The molecule has 0 saturated heterocycles. The molecule has 2 aromatic carbocycles. The van der Waals surface area contributed by atoms with Crippen molar-refractivity contribution in [2.24, 2.45) is 4.99 Å². The van der Waals surface area contributed by atoms with Crippen LogP contribution >= 0.6 is 27.3 Å². The highest BCUT2D eigenvalue weighted by atomic mass is 79.9. The molecule has 0 bridgehead atoms. The second-order valence-corrected chi connectivity index (χ2v) is 9.67. The summed E-state index contributed by atoms with van der Waals surface area (Å²) in [5.41, 5.74) is 2.02. The van der Waals surface area contributed by atoms with Crippen molar-refractivity contribution < 1.29 is 23.7 Å². The van der Waals surface area contributed by atoms with Crippen LogP contribution < -0.4 is 29.1 Å². The van der Waals surface area contributed by atoms with Crippen molar-refractivity contribution in [1.29, 1.82) is 0 Å². The summed E-state index contributed by atoms with van der Waals surface area (Å²) < 4.78 is 24.3. The first-order valence-corrected chi connectivity index (χ1v) is 12.7. The van der Waals surface area contributed by atoms with Gasteiger partial charge in [0.15, 0.2) is 16.3 Å². The standard InChI is InChI=1S/C26H25BrN2O6S/c1-6-35-25(31)22-14(2)28-26-29(23(22)16-8-10-19(33-4)20(13-16)34-5)24(30)21(36-26)12-15-7-9-18(32-3)17(27)11-15/h7-13,23H,6H2,1-5H3/b21-12-/t23-/m1/s1. The summed E-state index contributed by atoms with van der Waals surface area (Å²) in [6, 6.07) is 10.1. The number of aromatic nitrogens is 1. The van der Waals surface area contributed by atoms with Gasteiger partial charge in [-0.15, -0.1) is 0 Å². The van der Waals surface area contributed by atoms with Gasteiger partial charge >= 0.3 is 5.97 Å². The zero-order valence-corrected chi connectivity index (χ0v) is 22.9. The number of hydrogen-bond donors (Lipinski definition) is 0. The molecule has 0 fully saturated rings. The van der Waals surface area contributed by atoms with Crippen LogP contribution in [-0.4, -0.2) is 38.5 Å². The van der Waals surface area contributed by atoms with Crippen LogP contribution in [0.4, 0.5) is 0 Å². The summed E-state index contributed by atoms with van der Waals surface area (Å²) in [4.78, 5) is 31.9. The fourth-order valence-corrected chi connectivity index (χ4v) is 5.66. The lowest BCUT2D eigenvalue weighted by molar-refractivity contribution is -0.139. The lowest BCUT2D eigenvalue weighted by atomic mass is 9.95. The normalized spacial score (nSPS) is 15.3. The Kier molecular flexibility index (Phi) is 7.65. The van der Waals surface area contributed by atoms with Crippen LogP contribution in [0.1, 0.15) is 31.0 Å². The van der Waals surface area contributed by atoms with Crippen molar-refractivity contribution >= 4 is 39.3 Å². The number of benzene rings is 2. The van der Waals surface area contributed by atoms with Crippen LogP contribution in [0.5, 0.6) is 17.2 Å². The first-order chi connectivity index (χ1) is 17.3. The first-order valence-electron chi connectivity index (χ1n) is 11.1. The molecule has 0 radical (unpaired) electrons. The molecule has 4 rings (SSSR count). The number of halogens is 1. The maximum absolute atomic E-state index is 13.7. The number of carbonyl (C=O) groups is 1. The van der Waals surface area contributed by atoms with E-state index in [9.17, 15) is 9.59 Å². The minimum atomic E-state index is -0.746. The van der Waals surface area contributed by atoms with E-state index in [4.69, 9.17) is 18.9 Å². The molecule has 1 atom stereocenters. The smallest absolute Gasteiger partial charge is 0.338 e. The van der Waals surface area contributed by atoms with E-state index in [1.54, 1.807) is 46.3 Å². The molecule has 0 unspecified atom stereocenters. The number of fused-ring (bicyclic) bond motifs is 1. The summed E-state index contributed by atoms with van der Waals surface area (Å²) in [6.07, 6.45) is 1.79. The Hall–Kier alpha value is -3.37. The van der Waals surface area contributed by atoms with Crippen LogP contribution in [0, 0.1) is 0 Å². The van der Waals surface area contributed by atoms with Crippen molar-refractivity contribution in [3.05, 3.63) is 83.0 Å². The SMILES string of the molecule is CCOC(=O)C1=C(C)N=c2s/c(=C\c3ccc(OC)c(Br)c3)c(=O)n2[C@@H]1c1ccc(OC)c(OC)c1. The molecule has 1 aromatic heterocycles. The van der Waals surface area contributed by atoms with Crippen molar-refractivity contribution in [1.82, 2.24) is 4.57 Å². The lowest BCUT2D eigenvalue weighted by Crippen LogP contribution is -2.39. The van der Waals surface area contributed by atoms with Crippen LogP contribution in [0.25, 0.3) is 6.08 Å². The molecule has 10 heteroatoms. The van der Waals surface area contributed by atoms with Gasteiger partial charge in [-0.3, -0.25) is 9.36 Å². The molecule has 0 spiro atoms. The predicted octanol–water partition coefficient (Wildman–Crippen LogP) is 3.59. The highest BCUT2D eigenvalue weighted by Gasteiger charge is 2.33. The largest absolute Gasteiger partial charge is 0.496 e. The van der Waals surface area contributed by atoms with Crippen molar-refractivity contribution in [2.75, 3.05) is 27.9 Å². The topological polar surface area (TPSA) is 88.4 Å². The summed E-state index contributed by atoms with van der Waals surface area (Å²) in [7, 11) is 4.68. The molecule has 0 amide bonds. The average Bonchev–Trinajstić information content (AvgIpc) is 3.17. The fourth-order valence-electron chi connectivity index (χ4n) is 4.05. The van der Waals surface area contributed by atoms with Crippen LogP contribution in [0.2, 0.25) is 0 Å². The third-order valence-corrected chi connectivity index (χ3v) is 7.32. The summed E-state index contributed by atoms with van der Waals surface area (Å²) >= 11 is 4.74. The van der Waals surface area contributed by atoms with Gasteiger partial charge in [0.1, 0.15) is 5.75 Å². The molecule has 0 N–H and O–H groups in total. The van der Waals surface area contributed by atoms with E-state index in [-0.39, 0.29) is 12.2 Å². The van der Waals surface area contributed by atoms with Gasteiger partial charge in [0.05, 0.1) is 54.3 Å². The van der Waals surface area contributed by atoms with Gasteiger partial charge in [-0.05, 0) is 71.2 Å². The van der Waals surface area contributed by atoms with E-state index in [1.165, 1.54) is 23.0 Å². The molecule has 8 nitrogen and oxygen atoms in total. The second-order valence-electron chi connectivity index (χ2n) is 7.81. The number of ether oxygens (including phenoxy) is 4. The number of thiazole rings is 1. The number of carbonyl (C=O) groups excluding carboxylic acids is 1. The molecule has 188 valence electrons. The van der Waals surface area contributed by atoms with Gasteiger partial charge in [-0.2, -0.15) is 0 Å². The Labute approximate surface area is 220 Å². The minimum Gasteiger partial charge on any atom is -0.496 e. The average molecular weight is 573 g/mol. The molecule has 2 heterocycles. The highest BCUT2D eigenvalue weighted by molar-refractivity contribution is 9.10. The molecule has 3 aromatic rings. The Morgan fingerprint density at radius 3 is 2.42 bits per heavy atom. The Morgan fingerprint density at radius 2 is 1.78 bits per heavy atom. The van der Waals surface area contributed by atoms with Crippen molar-refractivity contribution in [2.45, 2.75) is 19.9 Å². The van der Waals surface area contributed by atoms with Crippen LogP contribution in [-0.2, 0) is 9.53 Å². The number of esters is 1. The maximum atomic E-state index is 13.7. The Balaban J connectivity index is 1.95. The van der Waals surface area contributed by atoms with Crippen LogP contribution in [0.15, 0.2) is 61.9 Å². The Bertz CT molecular complexity index is 1540. The second kappa shape index (κ2) is 10.7. The quantitative estimate of drug-likeness (QED) is 0.402. The minimum absolute atomic E-state index is 0.199. The van der Waals surface area contributed by atoms with Gasteiger partial charge in [0.2, 0.25) is 0 Å². The Morgan fingerprint density at radius 1 is 1.08 bits per heavy atom. The first kappa shape index (κ1) is 25.7. The van der Waals surface area contributed by atoms with Gasteiger partial charge < -0.3 is 18.9 Å². The van der Waals surface area contributed by atoms with E-state index in [0.717, 1.165) is 10.0 Å². The fraction of sp³-hybridized carbons (Fsp3) is 0.269.